The van der Waals surface area contributed by atoms with Crippen molar-refractivity contribution >= 4 is 152 Å². The number of likely N-dealkylation sites (N-methyl/N-ethyl adjacent to an activating group) is 4. The Morgan fingerprint density at radius 2 is 0.740 bits per heavy atom. The van der Waals surface area contributed by atoms with Gasteiger partial charge in [-0.3, -0.25) is 14.9 Å². The molecule has 0 radical (unpaired) electrons. The zero-order valence-electron chi connectivity index (χ0n) is 85.4. The van der Waals surface area contributed by atoms with Gasteiger partial charge in [-0.15, -0.1) is 0 Å². The van der Waals surface area contributed by atoms with Gasteiger partial charge < -0.3 is 93.3 Å². The van der Waals surface area contributed by atoms with Crippen molar-refractivity contribution in [2.75, 3.05) is 177 Å². The highest BCUT2D eigenvalue weighted by molar-refractivity contribution is 6.30. The highest BCUT2D eigenvalue weighted by Crippen LogP contribution is 2.38. The summed E-state index contributed by atoms with van der Waals surface area (Å²) >= 11 is 18.1. The zero-order valence-corrected chi connectivity index (χ0v) is 87.7. The van der Waals surface area contributed by atoms with Crippen LogP contribution < -0.4 is 52.6 Å². The summed E-state index contributed by atoms with van der Waals surface area (Å²) < 4.78 is 41.8. The van der Waals surface area contributed by atoms with Crippen molar-refractivity contribution in [2.45, 2.75) is 86.4 Å². The summed E-state index contributed by atoms with van der Waals surface area (Å²) in [4.78, 5) is 122. The fraction of sp³-hybridized carbons (Fsp3) is 0.319. The molecule has 0 spiro atoms. The van der Waals surface area contributed by atoms with E-state index in [1.807, 2.05) is 174 Å². The predicted octanol–water partition coefficient (Wildman–Crippen LogP) is 17.4. The molecule has 0 unspecified atom stereocenters. The Hall–Kier alpha value is -15.0. The molecule has 6 fully saturated rings. The molecule has 5 aromatic carbocycles. The molecule has 15 aromatic heterocycles. The van der Waals surface area contributed by atoms with E-state index < -0.39 is 22.5 Å². The maximum Gasteiger partial charge on any atom is 0.347 e. The summed E-state index contributed by atoms with van der Waals surface area (Å²) in [6.07, 6.45) is 16.0. The topological polar surface area (TPSA) is 338 Å². The zero-order chi connectivity index (χ0) is 104. The van der Waals surface area contributed by atoms with Crippen LogP contribution in [0.4, 0.5) is 28.4 Å². The number of piperazine rings is 4. The van der Waals surface area contributed by atoms with Gasteiger partial charge in [0.1, 0.15) is 54.7 Å². The molecule has 6 aliphatic heterocycles. The Morgan fingerprint density at radius 1 is 0.353 bits per heavy atom. The first-order chi connectivity index (χ1) is 72.3. The minimum Gasteiger partial charge on any atom is -0.454 e. The van der Waals surface area contributed by atoms with Gasteiger partial charge in [0.05, 0.1) is 85.1 Å². The Bertz CT molecular complexity index is 8790. The Balaban J connectivity index is 0.000000106. The first kappa shape index (κ1) is 99.6. The molecule has 150 heavy (non-hydrogen) atoms. The molecular formula is C113H113Cl3N22O12. The van der Waals surface area contributed by atoms with E-state index in [1.54, 1.807) is 50.4 Å². The number of nitrogens with zero attached hydrogens (tertiary/aromatic N) is 22. The highest BCUT2D eigenvalue weighted by atomic mass is 35.5. The number of aromatic nitrogens is 12. The van der Waals surface area contributed by atoms with Crippen LogP contribution in [0.25, 0.3) is 144 Å². The van der Waals surface area contributed by atoms with Gasteiger partial charge in [0.25, 0.3) is 0 Å². The first-order valence-corrected chi connectivity index (χ1v) is 51.7. The molecule has 0 bridgehead atoms. The van der Waals surface area contributed by atoms with Crippen molar-refractivity contribution < 1.29 is 31.6 Å². The van der Waals surface area contributed by atoms with Crippen LogP contribution in [0.5, 0.6) is 0 Å². The Kier molecular flexibility index (Phi) is 27.3. The van der Waals surface area contributed by atoms with E-state index in [0.717, 1.165) is 232 Å². The van der Waals surface area contributed by atoms with Crippen LogP contribution in [-0.4, -0.2) is 258 Å². The average Bonchev–Trinajstić information content (AvgIpc) is 1.60. The smallest absolute Gasteiger partial charge is 0.347 e. The number of furan rings is 1. The van der Waals surface area contributed by atoms with Crippen LogP contribution in [0.2, 0.25) is 15.5 Å². The molecule has 6 aliphatic rings. The fourth-order valence-corrected chi connectivity index (χ4v) is 22.0. The van der Waals surface area contributed by atoms with Gasteiger partial charge in [0.15, 0.2) is 22.5 Å². The summed E-state index contributed by atoms with van der Waals surface area (Å²) in [5, 5.41) is 16.4. The standard InChI is InChI=1S/C25H26N4O3.C23H23N3O3.2C22H22ClN5O2.C21H20ClN5O2/c1-15-11-29-12-18(8-23(29)16(2)26-15)22-7-17-3-4-19(10-24(17)32-25(22)31)27-5-6-28-14-21(30)9-20(28)13-27;1-14-10-17-12-21(28-22(17)15(2)24-14)19-11-16-4-5-18(13-20(16)29-23(19)27)26-8-6-25(3)7-9-26;1-13-21-25-18(11-28(21)12-20(23)24-13)17-8-14-4-5-15(9-19(14)30-22(17)29)27-7-6-16(10-27)26(2)3;1-3-26-6-8-27(9-7-26)16-5-4-15-10-17(22(29)30-19(15)11-16)18-12-28-13-20(23)24-14(2)21(28)25-18;1-13-20-24-17(11-27(20)12-19(22)23-13)16-9-14-3-4-15(10-18(14)29-21(16)28)26-7-5-25(2)6-8-26/h3-4,7-8,10-12,20-21,30H,5-6,9,13-14H2,1-2H3;4-5,10-13H,6-9H2,1-3H3;4-5,8-9,11-12,16H,6-7,10H2,1-3H3;4-5,10-13H,3,6-9H2,1-2H3;3-4,9-12H,5-8H2,1-2H3/t20-,21+;;16-;;/m0.0../s1. The van der Waals surface area contributed by atoms with Crippen LogP contribution in [0.1, 0.15) is 59.6 Å². The average molecular weight is 2080 g/mol. The number of rotatable bonds is 12. The second kappa shape index (κ2) is 41.2. The number of fused-ring (bicyclic) bond motifs is 11. The molecule has 37 heteroatoms. The summed E-state index contributed by atoms with van der Waals surface area (Å²) in [7, 11) is 8.48. The van der Waals surface area contributed by atoms with Gasteiger partial charge >= 0.3 is 28.1 Å². The second-order valence-corrected chi connectivity index (χ2v) is 41.2. The lowest BCUT2D eigenvalue weighted by Crippen LogP contribution is -2.50. The Morgan fingerprint density at radius 3 is 1.17 bits per heavy atom. The minimum absolute atomic E-state index is 0.220. The van der Waals surface area contributed by atoms with E-state index >= 15 is 0 Å². The number of pyridine rings is 1. The summed E-state index contributed by atoms with van der Waals surface area (Å²) in [6, 6.07) is 46.3. The fourth-order valence-electron chi connectivity index (χ4n) is 21.3. The van der Waals surface area contributed by atoms with Crippen molar-refractivity contribution in [2.24, 2.45) is 0 Å². The molecule has 21 heterocycles. The van der Waals surface area contributed by atoms with Crippen LogP contribution >= 0.6 is 34.8 Å². The number of imidazole rings is 3. The quantitative estimate of drug-likeness (QED) is 0.111. The molecular weight excluding hydrogens is 1960 g/mol. The van der Waals surface area contributed by atoms with E-state index in [4.69, 9.17) is 61.3 Å². The lowest BCUT2D eigenvalue weighted by molar-refractivity contribution is 0.173. The number of anilines is 5. The first-order valence-electron chi connectivity index (χ1n) is 50.5. The van der Waals surface area contributed by atoms with Gasteiger partial charge in [0, 0.05) is 282 Å². The van der Waals surface area contributed by atoms with E-state index in [9.17, 15) is 29.1 Å². The highest BCUT2D eigenvalue weighted by Gasteiger charge is 2.36. The largest absolute Gasteiger partial charge is 0.454 e. The molecule has 3 atom stereocenters. The van der Waals surface area contributed by atoms with E-state index in [1.165, 1.54) is 0 Å². The third-order valence-corrected chi connectivity index (χ3v) is 30.1. The van der Waals surface area contributed by atoms with Crippen LogP contribution in [-0.2, 0) is 0 Å². The van der Waals surface area contributed by atoms with Gasteiger partial charge in [0.2, 0.25) is 0 Å². The third kappa shape index (κ3) is 20.5. The van der Waals surface area contributed by atoms with Gasteiger partial charge in [-0.25, -0.2) is 53.9 Å². The second-order valence-electron chi connectivity index (χ2n) is 40.1. The van der Waals surface area contributed by atoms with Crippen LogP contribution in [0.3, 0.4) is 0 Å². The molecule has 768 valence electrons. The third-order valence-electron chi connectivity index (χ3n) is 29.6. The number of aliphatic hydroxyl groups excluding tert-OH is 1. The Labute approximate surface area is 875 Å². The number of aliphatic hydroxyl groups is 1. The van der Waals surface area contributed by atoms with Crippen LogP contribution in [0, 0.1) is 48.5 Å². The van der Waals surface area contributed by atoms with Crippen molar-refractivity contribution in [1.29, 1.82) is 0 Å². The number of hydrogen-bond donors (Lipinski definition) is 1. The molecule has 0 aliphatic carbocycles. The van der Waals surface area contributed by atoms with Crippen molar-refractivity contribution in [3.05, 3.63) is 297 Å². The molecule has 6 saturated heterocycles. The lowest BCUT2D eigenvalue weighted by atomic mass is 10.1. The summed E-state index contributed by atoms with van der Waals surface area (Å²) in [5.74, 6) is 0.509. The maximum absolute atomic E-state index is 12.9. The number of benzene rings is 5. The summed E-state index contributed by atoms with van der Waals surface area (Å²) in [5.41, 5.74) is 20.4. The molecule has 0 saturated carbocycles. The molecule has 1 N–H and O–H groups in total. The van der Waals surface area contributed by atoms with Crippen molar-refractivity contribution in [3.8, 4) is 56.2 Å². The SMILES string of the molecule is CCN1CCN(c2ccc3cc(-c4cn5cc(Cl)nc(C)c5n4)c(=O)oc3c2)CC1.Cc1cc2cc(-c3cc4ccc(N5CCN(C)CC5)cc4oc3=O)oc2c(C)n1.Cc1cn2cc(-c3cc4ccc(N5CCN6C[C@H](O)C[C@H]6C5)cc4oc3=O)cc2c(C)n1.Cc1nc(Cl)cn2cc(-c3cc4ccc(N5CCN(C)CC5)cc4oc3=O)nc12.Cc1nc(Cl)cn2cc(-c3cc4ccc(N5CC[C@H](N(C)C)C5)cc4oc3=O)nc12. The number of aryl methyl sites for hydroxylation is 7. The van der Waals surface area contributed by atoms with E-state index in [-0.39, 0.29) is 11.7 Å². The van der Waals surface area contributed by atoms with E-state index in [2.05, 4.69) is 154 Å². The van der Waals surface area contributed by atoms with E-state index in [0.29, 0.717) is 146 Å². The number of hydrogen-bond acceptors (Lipinski definition) is 30. The molecule has 20 aromatic rings. The van der Waals surface area contributed by atoms with Crippen molar-refractivity contribution in [1.82, 2.24) is 82.0 Å². The monoisotopic (exact) mass is 2070 g/mol. The molecule has 34 nitrogen and oxygen atoms in total. The van der Waals surface area contributed by atoms with Gasteiger partial charge in [-0.1, -0.05) is 41.7 Å². The minimum atomic E-state index is -0.410. The van der Waals surface area contributed by atoms with Crippen molar-refractivity contribution in [3.63, 3.8) is 0 Å². The lowest BCUT2D eigenvalue weighted by Gasteiger charge is -2.38. The van der Waals surface area contributed by atoms with Crippen LogP contribution in [0.15, 0.2) is 240 Å². The molecule has 0 amide bonds. The maximum atomic E-state index is 12.9. The number of halogens is 3. The van der Waals surface area contributed by atoms with Gasteiger partial charge in [-0.05, 0) is 205 Å². The van der Waals surface area contributed by atoms with Gasteiger partial charge in [-0.2, -0.15) is 0 Å². The normalized spacial score (nSPS) is 17.0. The predicted molar refractivity (Wildman–Crippen MR) is 590 cm³/mol. The molecule has 26 rings (SSSR count). The summed E-state index contributed by atoms with van der Waals surface area (Å²) in [6.45, 7) is 34.0.